The standard InChI is InChI=1S/C23H21N3O3S.Na/c1-23(2,21(27)28)14-29-20-12-9-16(13-24-20)15-7-10-17(11-8-15)25-22-26-18-5-3-4-6-19(18)30-22;/h3-13H,14H2,1-2H3,(H,25,26)(H,27,28);/q;+1/p-1. The first-order valence-electron chi connectivity index (χ1n) is 9.44. The summed E-state index contributed by atoms with van der Waals surface area (Å²) >= 11 is 1.62. The summed E-state index contributed by atoms with van der Waals surface area (Å²) in [6.45, 7) is 3.11. The summed E-state index contributed by atoms with van der Waals surface area (Å²) in [5.41, 5.74) is 2.81. The van der Waals surface area contributed by atoms with Gasteiger partial charge in [-0.3, -0.25) is 0 Å². The van der Waals surface area contributed by atoms with Crippen LogP contribution < -0.4 is 44.7 Å². The van der Waals surface area contributed by atoms with E-state index in [1.807, 2.05) is 48.5 Å². The van der Waals surface area contributed by atoms with E-state index in [4.69, 9.17) is 4.74 Å². The summed E-state index contributed by atoms with van der Waals surface area (Å²) in [6, 6.07) is 19.7. The van der Waals surface area contributed by atoms with Crippen LogP contribution in [0.3, 0.4) is 0 Å². The molecule has 4 rings (SSSR count). The molecule has 1 N–H and O–H groups in total. The van der Waals surface area contributed by atoms with Gasteiger partial charge in [-0.05, 0) is 35.9 Å². The van der Waals surface area contributed by atoms with E-state index >= 15 is 0 Å². The molecule has 4 aromatic rings. The summed E-state index contributed by atoms with van der Waals surface area (Å²) in [6.07, 6.45) is 1.71. The largest absolute Gasteiger partial charge is 1.00 e. The molecule has 0 saturated carbocycles. The van der Waals surface area contributed by atoms with E-state index < -0.39 is 11.4 Å². The van der Waals surface area contributed by atoms with E-state index in [9.17, 15) is 9.90 Å². The second-order valence-electron chi connectivity index (χ2n) is 7.53. The van der Waals surface area contributed by atoms with Gasteiger partial charge in [-0.1, -0.05) is 49.4 Å². The minimum atomic E-state index is -1.15. The van der Waals surface area contributed by atoms with Crippen LogP contribution in [0.4, 0.5) is 10.8 Å². The number of hydrogen-bond donors (Lipinski definition) is 1. The molecule has 8 heteroatoms. The molecule has 2 aromatic heterocycles. The average molecular weight is 441 g/mol. The predicted molar refractivity (Wildman–Crippen MR) is 117 cm³/mol. The van der Waals surface area contributed by atoms with Crippen LogP contribution in [0.25, 0.3) is 21.3 Å². The molecule has 0 fully saturated rings. The molecule has 0 spiro atoms. The number of pyridine rings is 1. The van der Waals surface area contributed by atoms with Gasteiger partial charge in [0.1, 0.15) is 6.61 Å². The molecule has 0 amide bonds. The Kier molecular flexibility index (Phi) is 7.33. The van der Waals surface area contributed by atoms with E-state index in [2.05, 4.69) is 21.4 Å². The quantitative estimate of drug-likeness (QED) is 0.435. The third kappa shape index (κ3) is 5.62. The summed E-state index contributed by atoms with van der Waals surface area (Å²) in [5.74, 6) is -0.777. The number of aromatic nitrogens is 2. The third-order valence-corrected chi connectivity index (χ3v) is 5.59. The number of fused-ring (bicyclic) bond motifs is 1. The van der Waals surface area contributed by atoms with Crippen LogP contribution in [-0.2, 0) is 4.79 Å². The Morgan fingerprint density at radius 2 is 1.77 bits per heavy atom. The molecule has 0 aliphatic rings. The van der Waals surface area contributed by atoms with Crippen LogP contribution in [0.1, 0.15) is 13.8 Å². The first-order chi connectivity index (χ1) is 14.4. The summed E-state index contributed by atoms with van der Waals surface area (Å²) in [5, 5.41) is 15.2. The van der Waals surface area contributed by atoms with Crippen molar-refractivity contribution in [2.24, 2.45) is 5.41 Å². The van der Waals surface area contributed by atoms with Crippen molar-refractivity contribution in [1.29, 1.82) is 0 Å². The van der Waals surface area contributed by atoms with Crippen molar-refractivity contribution in [3.63, 3.8) is 0 Å². The zero-order chi connectivity index (χ0) is 21.1. The second kappa shape index (κ2) is 9.78. The van der Waals surface area contributed by atoms with E-state index in [1.54, 1.807) is 37.4 Å². The van der Waals surface area contributed by atoms with E-state index in [0.717, 1.165) is 32.2 Å². The van der Waals surface area contributed by atoms with E-state index in [-0.39, 0.29) is 36.2 Å². The fourth-order valence-corrected chi connectivity index (χ4v) is 3.63. The Balaban J connectivity index is 0.00000272. The number of carboxylic acid groups (broad SMARTS) is 1. The molecule has 2 aromatic carbocycles. The molecule has 0 bridgehead atoms. The Bertz CT molecular complexity index is 1140. The number of hydrogen-bond acceptors (Lipinski definition) is 7. The summed E-state index contributed by atoms with van der Waals surface area (Å²) in [4.78, 5) is 19.9. The maximum atomic E-state index is 11.0. The molecular formula is C23H20N3NaO3S. The molecular weight excluding hydrogens is 421 g/mol. The molecule has 31 heavy (non-hydrogen) atoms. The molecule has 2 heterocycles. The Morgan fingerprint density at radius 1 is 1.06 bits per heavy atom. The molecule has 0 aliphatic carbocycles. The predicted octanol–water partition coefficient (Wildman–Crippen LogP) is 1.26. The van der Waals surface area contributed by atoms with Gasteiger partial charge in [0.25, 0.3) is 0 Å². The SMILES string of the molecule is CC(C)(COc1ccc(-c2ccc(Nc3nc4ccccc4s3)cc2)cn1)C(=O)[O-].[Na+]. The van der Waals surface area contributed by atoms with Crippen LogP contribution in [-0.4, -0.2) is 22.5 Å². The number of nitrogens with zero attached hydrogens (tertiary/aromatic N) is 2. The number of carboxylic acids is 1. The van der Waals surface area contributed by atoms with Gasteiger partial charge in [0.15, 0.2) is 5.13 Å². The van der Waals surface area contributed by atoms with Crippen molar-refractivity contribution in [3.8, 4) is 17.0 Å². The molecule has 0 radical (unpaired) electrons. The van der Waals surface area contributed by atoms with E-state index in [1.165, 1.54) is 0 Å². The second-order valence-corrected chi connectivity index (χ2v) is 8.56. The smallest absolute Gasteiger partial charge is 0.549 e. The van der Waals surface area contributed by atoms with Crippen molar-refractivity contribution in [1.82, 2.24) is 9.97 Å². The van der Waals surface area contributed by atoms with Crippen molar-refractivity contribution in [3.05, 3.63) is 66.9 Å². The number of thiazole rings is 1. The van der Waals surface area contributed by atoms with Crippen molar-refractivity contribution < 1.29 is 44.2 Å². The zero-order valence-corrected chi connectivity index (χ0v) is 20.4. The van der Waals surface area contributed by atoms with Gasteiger partial charge in [-0.25, -0.2) is 9.97 Å². The van der Waals surface area contributed by atoms with Gasteiger partial charge in [0, 0.05) is 28.9 Å². The topological polar surface area (TPSA) is 87.2 Å². The van der Waals surface area contributed by atoms with Gasteiger partial charge in [0.2, 0.25) is 5.88 Å². The van der Waals surface area contributed by atoms with Gasteiger partial charge in [-0.2, -0.15) is 0 Å². The Labute approximate surface area is 206 Å². The fourth-order valence-electron chi connectivity index (χ4n) is 2.74. The number of aliphatic carboxylic acids is 1. The van der Waals surface area contributed by atoms with Crippen molar-refractivity contribution in [2.75, 3.05) is 11.9 Å². The number of para-hydroxylation sites is 1. The molecule has 0 aliphatic heterocycles. The van der Waals surface area contributed by atoms with Crippen molar-refractivity contribution in [2.45, 2.75) is 13.8 Å². The van der Waals surface area contributed by atoms with Gasteiger partial charge < -0.3 is 20.0 Å². The molecule has 0 saturated heterocycles. The van der Waals surface area contributed by atoms with Crippen LogP contribution >= 0.6 is 11.3 Å². The fraction of sp³-hybridized carbons (Fsp3) is 0.174. The summed E-state index contributed by atoms with van der Waals surface area (Å²) < 4.78 is 6.63. The number of anilines is 2. The number of ether oxygens (including phenoxy) is 1. The van der Waals surface area contributed by atoms with Crippen molar-refractivity contribution >= 4 is 38.3 Å². The first kappa shape index (κ1) is 23.2. The minimum Gasteiger partial charge on any atom is -0.549 e. The molecule has 152 valence electrons. The minimum absolute atomic E-state index is 0. The van der Waals surface area contributed by atoms with Gasteiger partial charge in [0.05, 0.1) is 16.2 Å². The summed E-state index contributed by atoms with van der Waals surface area (Å²) in [7, 11) is 0. The number of carbonyl (C=O) groups excluding carboxylic acids is 1. The first-order valence-corrected chi connectivity index (χ1v) is 10.3. The monoisotopic (exact) mass is 441 g/mol. The molecule has 6 nitrogen and oxygen atoms in total. The maximum Gasteiger partial charge on any atom is 1.00 e. The molecule has 0 atom stereocenters. The molecule has 0 unspecified atom stereocenters. The number of nitrogens with one attached hydrogen (secondary N) is 1. The number of benzene rings is 2. The van der Waals surface area contributed by atoms with Gasteiger partial charge in [-0.15, -0.1) is 0 Å². The number of rotatable bonds is 7. The Morgan fingerprint density at radius 3 is 2.42 bits per heavy atom. The van der Waals surface area contributed by atoms with Crippen LogP contribution in [0, 0.1) is 5.41 Å². The van der Waals surface area contributed by atoms with E-state index in [0.29, 0.717) is 5.88 Å². The average Bonchev–Trinajstić information content (AvgIpc) is 3.15. The Hall–Kier alpha value is -2.45. The third-order valence-electron chi connectivity index (χ3n) is 4.63. The van der Waals surface area contributed by atoms with Crippen LogP contribution in [0.2, 0.25) is 0 Å². The normalized spacial score (nSPS) is 11.0. The van der Waals surface area contributed by atoms with Crippen LogP contribution in [0.15, 0.2) is 66.9 Å². The maximum absolute atomic E-state index is 11.0. The number of carbonyl (C=O) groups is 1. The zero-order valence-electron chi connectivity index (χ0n) is 17.6. The van der Waals surface area contributed by atoms with Gasteiger partial charge >= 0.3 is 29.6 Å². The van der Waals surface area contributed by atoms with Crippen LogP contribution in [0.5, 0.6) is 5.88 Å².